The molecule has 0 radical (unpaired) electrons. The molecule has 0 bridgehead atoms. The Kier molecular flexibility index (Phi) is 5.84. The fourth-order valence-electron chi connectivity index (χ4n) is 4.28. The van der Waals surface area contributed by atoms with E-state index in [0.717, 1.165) is 56.6 Å². The average molecular weight is 380 g/mol. The van der Waals surface area contributed by atoms with Gasteiger partial charge in [0.25, 0.3) is 0 Å². The van der Waals surface area contributed by atoms with Crippen molar-refractivity contribution in [3.63, 3.8) is 0 Å². The van der Waals surface area contributed by atoms with Gasteiger partial charge < -0.3 is 14.8 Å². The molecule has 2 aromatic carbocycles. The highest BCUT2D eigenvalue weighted by Crippen LogP contribution is 2.37. The highest BCUT2D eigenvalue weighted by atomic mass is 16.5. The smallest absolute Gasteiger partial charge is 0.216 e. The quantitative estimate of drug-likeness (QED) is 0.810. The molecule has 4 rings (SSSR count). The Hall–Kier alpha value is -2.49. The van der Waals surface area contributed by atoms with E-state index in [-0.39, 0.29) is 18.1 Å². The molecule has 1 fully saturated rings. The molecule has 0 saturated heterocycles. The fraction of sp³-hybridized carbons (Fsp3) is 0.458. The molecule has 148 valence electrons. The molecule has 28 heavy (non-hydrogen) atoms. The minimum atomic E-state index is 0.0594. The van der Waals surface area contributed by atoms with Crippen LogP contribution >= 0.6 is 0 Å². The Morgan fingerprint density at radius 3 is 2.61 bits per heavy atom. The lowest BCUT2D eigenvalue weighted by molar-refractivity contribution is -0.119. The second kappa shape index (κ2) is 8.68. The van der Waals surface area contributed by atoms with Crippen molar-refractivity contribution in [3.05, 3.63) is 59.7 Å². The fourth-order valence-corrected chi connectivity index (χ4v) is 4.28. The van der Waals surface area contributed by atoms with Gasteiger partial charge in [-0.25, -0.2) is 0 Å². The molecule has 0 aromatic heterocycles. The Morgan fingerprint density at radius 2 is 1.86 bits per heavy atom. The van der Waals surface area contributed by atoms with Gasteiger partial charge >= 0.3 is 0 Å². The zero-order valence-corrected chi connectivity index (χ0v) is 16.5. The van der Waals surface area contributed by atoms with Gasteiger partial charge in [-0.15, -0.1) is 0 Å². The SMILES string of the molecule is CC(=O)NCC1CCC(Oc2ccc3c(c2)CCC(c2ccccc2)O3)CC1. The van der Waals surface area contributed by atoms with Gasteiger partial charge in [-0.3, -0.25) is 4.79 Å². The van der Waals surface area contributed by atoms with Crippen molar-refractivity contribution < 1.29 is 14.3 Å². The van der Waals surface area contributed by atoms with Crippen molar-refractivity contribution >= 4 is 5.91 Å². The number of ether oxygens (including phenoxy) is 2. The van der Waals surface area contributed by atoms with Crippen molar-refractivity contribution in [2.24, 2.45) is 5.92 Å². The maximum absolute atomic E-state index is 11.1. The van der Waals surface area contributed by atoms with E-state index < -0.39 is 0 Å². The lowest BCUT2D eigenvalue weighted by atomic mass is 9.87. The number of nitrogens with one attached hydrogen (secondary N) is 1. The summed E-state index contributed by atoms with van der Waals surface area (Å²) in [4.78, 5) is 11.1. The number of hydrogen-bond acceptors (Lipinski definition) is 3. The molecule has 1 aliphatic heterocycles. The monoisotopic (exact) mass is 379 g/mol. The van der Waals surface area contributed by atoms with Crippen LogP contribution in [0.4, 0.5) is 0 Å². The maximum Gasteiger partial charge on any atom is 0.216 e. The highest BCUT2D eigenvalue weighted by Gasteiger charge is 2.24. The van der Waals surface area contributed by atoms with Crippen LogP contribution in [0.15, 0.2) is 48.5 Å². The van der Waals surface area contributed by atoms with Crippen LogP contribution < -0.4 is 14.8 Å². The van der Waals surface area contributed by atoms with Gasteiger partial charge in [0.2, 0.25) is 5.91 Å². The molecule has 0 spiro atoms. The number of carbonyl (C=O) groups excluding carboxylic acids is 1. The lowest BCUT2D eigenvalue weighted by Crippen LogP contribution is -2.32. The molecular formula is C24H29NO3. The minimum absolute atomic E-state index is 0.0594. The molecule has 1 amide bonds. The van der Waals surface area contributed by atoms with Gasteiger partial charge in [-0.1, -0.05) is 30.3 Å². The Morgan fingerprint density at radius 1 is 1.07 bits per heavy atom. The third-order valence-electron chi connectivity index (χ3n) is 5.88. The van der Waals surface area contributed by atoms with Crippen LogP contribution in [0.1, 0.15) is 56.3 Å². The predicted octanol–water partition coefficient (Wildman–Crippen LogP) is 4.83. The molecule has 4 nitrogen and oxygen atoms in total. The van der Waals surface area contributed by atoms with Crippen molar-refractivity contribution in [1.82, 2.24) is 5.32 Å². The van der Waals surface area contributed by atoms with Crippen molar-refractivity contribution in [3.8, 4) is 11.5 Å². The number of carbonyl (C=O) groups is 1. The first-order valence-electron chi connectivity index (χ1n) is 10.4. The Balaban J connectivity index is 1.31. The lowest BCUT2D eigenvalue weighted by Gasteiger charge is -2.30. The van der Waals surface area contributed by atoms with Crippen molar-refractivity contribution in [2.45, 2.75) is 57.7 Å². The highest BCUT2D eigenvalue weighted by molar-refractivity contribution is 5.72. The van der Waals surface area contributed by atoms with Crippen molar-refractivity contribution in [1.29, 1.82) is 0 Å². The third-order valence-corrected chi connectivity index (χ3v) is 5.88. The summed E-state index contributed by atoms with van der Waals surface area (Å²) in [6.07, 6.45) is 6.73. The number of fused-ring (bicyclic) bond motifs is 1. The number of hydrogen-bond donors (Lipinski definition) is 1. The van der Waals surface area contributed by atoms with E-state index in [1.807, 2.05) is 12.1 Å². The first-order chi connectivity index (χ1) is 13.7. The van der Waals surface area contributed by atoms with Crippen LogP contribution in [0, 0.1) is 5.92 Å². The van der Waals surface area contributed by atoms with E-state index in [9.17, 15) is 4.79 Å². The molecule has 2 aromatic rings. The van der Waals surface area contributed by atoms with Crippen LogP contribution in [-0.2, 0) is 11.2 Å². The zero-order valence-electron chi connectivity index (χ0n) is 16.5. The summed E-state index contributed by atoms with van der Waals surface area (Å²) in [5.41, 5.74) is 2.48. The van der Waals surface area contributed by atoms with Crippen LogP contribution in [0.2, 0.25) is 0 Å². The molecule has 4 heteroatoms. The number of benzene rings is 2. The number of aryl methyl sites for hydroxylation is 1. The normalized spacial score (nSPS) is 24.0. The first kappa shape index (κ1) is 18.9. The van der Waals surface area contributed by atoms with Gasteiger partial charge in [0, 0.05) is 13.5 Å². The summed E-state index contributed by atoms with van der Waals surface area (Å²) in [5, 5.41) is 2.94. The first-order valence-corrected chi connectivity index (χ1v) is 10.4. The van der Waals surface area contributed by atoms with Crippen LogP contribution in [0.3, 0.4) is 0 Å². The largest absolute Gasteiger partial charge is 0.490 e. The van der Waals surface area contributed by atoms with Gasteiger partial charge in [0.1, 0.15) is 17.6 Å². The van der Waals surface area contributed by atoms with Crippen LogP contribution in [0.5, 0.6) is 11.5 Å². The van der Waals surface area contributed by atoms with Gasteiger partial charge in [0.05, 0.1) is 6.10 Å². The maximum atomic E-state index is 11.1. The molecule has 1 heterocycles. The van der Waals surface area contributed by atoms with E-state index in [4.69, 9.17) is 9.47 Å². The van der Waals surface area contributed by atoms with Gasteiger partial charge in [-0.05, 0) is 73.8 Å². The van der Waals surface area contributed by atoms with E-state index in [2.05, 4.69) is 41.7 Å². The van der Waals surface area contributed by atoms with E-state index in [1.54, 1.807) is 6.92 Å². The Bertz CT molecular complexity index is 797. The summed E-state index contributed by atoms with van der Waals surface area (Å²) in [5.74, 6) is 2.57. The van der Waals surface area contributed by atoms with E-state index in [1.165, 1.54) is 11.1 Å². The molecule has 2 aliphatic rings. The molecule has 1 atom stereocenters. The molecule has 1 saturated carbocycles. The second-order valence-electron chi connectivity index (χ2n) is 8.02. The van der Waals surface area contributed by atoms with Gasteiger partial charge in [0.15, 0.2) is 0 Å². The molecule has 1 N–H and O–H groups in total. The molecule has 1 unspecified atom stereocenters. The number of amides is 1. The standard InChI is InChI=1S/C24H29NO3/c1-17(26)25-16-18-7-10-21(11-8-18)27-22-12-14-24-20(15-22)9-13-23(28-24)19-5-3-2-4-6-19/h2-6,12,14-15,18,21,23H,7-11,13,16H2,1H3,(H,25,26). The summed E-state index contributed by atoms with van der Waals surface area (Å²) >= 11 is 0. The van der Waals surface area contributed by atoms with Crippen LogP contribution in [0.25, 0.3) is 0 Å². The predicted molar refractivity (Wildman–Crippen MR) is 110 cm³/mol. The minimum Gasteiger partial charge on any atom is -0.490 e. The third kappa shape index (κ3) is 4.67. The molecule has 1 aliphatic carbocycles. The number of rotatable bonds is 5. The average Bonchev–Trinajstić information content (AvgIpc) is 2.73. The van der Waals surface area contributed by atoms with E-state index >= 15 is 0 Å². The van der Waals surface area contributed by atoms with E-state index in [0.29, 0.717) is 5.92 Å². The summed E-state index contributed by atoms with van der Waals surface area (Å²) in [6.45, 7) is 2.37. The van der Waals surface area contributed by atoms with Crippen LogP contribution in [-0.4, -0.2) is 18.6 Å². The summed E-state index contributed by atoms with van der Waals surface area (Å²) in [7, 11) is 0. The Labute approximate surface area is 167 Å². The molecular weight excluding hydrogens is 350 g/mol. The summed E-state index contributed by atoms with van der Waals surface area (Å²) < 4.78 is 12.5. The van der Waals surface area contributed by atoms with Crippen molar-refractivity contribution in [2.75, 3.05) is 6.54 Å². The second-order valence-corrected chi connectivity index (χ2v) is 8.02. The topological polar surface area (TPSA) is 47.6 Å². The zero-order chi connectivity index (χ0) is 19.3. The van der Waals surface area contributed by atoms with Gasteiger partial charge in [-0.2, -0.15) is 0 Å². The summed E-state index contributed by atoms with van der Waals surface area (Å²) in [6, 6.07) is 16.7.